The van der Waals surface area contributed by atoms with Crippen LogP contribution in [0.2, 0.25) is 5.02 Å². The smallest absolute Gasteiger partial charge is 0.333 e. The van der Waals surface area contributed by atoms with Crippen LogP contribution in [0, 0.1) is 0 Å². The van der Waals surface area contributed by atoms with Crippen LogP contribution >= 0.6 is 11.6 Å². The maximum absolute atomic E-state index is 12.5. The molecular weight excluding hydrogens is 1200 g/mol. The highest BCUT2D eigenvalue weighted by molar-refractivity contribution is 7.86. The number of benzene rings is 3. The summed E-state index contributed by atoms with van der Waals surface area (Å²) in [5, 5.41) is 0.679. The van der Waals surface area contributed by atoms with Crippen LogP contribution in [0.5, 0.6) is 5.75 Å². The molecule has 14 nitrogen and oxygen atoms in total. The molecule has 0 saturated heterocycles. The summed E-state index contributed by atoms with van der Waals surface area (Å²) < 4.78 is 85.9. The maximum atomic E-state index is 12.5. The van der Waals surface area contributed by atoms with E-state index in [9.17, 15) is 35.5 Å². The number of hydrogen-bond donors (Lipinski definition) is 0. The van der Waals surface area contributed by atoms with Crippen molar-refractivity contribution in [2.75, 3.05) is 26.4 Å². The molecule has 2 aromatic heterocycles. The second-order valence-corrected chi connectivity index (χ2v) is 29.2. The van der Waals surface area contributed by atoms with Gasteiger partial charge in [0.25, 0.3) is 0 Å². The van der Waals surface area contributed by atoms with Gasteiger partial charge in [0.05, 0.1) is 14.8 Å². The lowest BCUT2D eigenvalue weighted by Gasteiger charge is -2.33. The first-order valence-electron chi connectivity index (χ1n) is 32.6. The van der Waals surface area contributed by atoms with E-state index < -0.39 is 26.2 Å². The molecule has 0 radical (unpaired) electrons. The average molecular weight is 1300 g/mol. The lowest BCUT2D eigenvalue weighted by molar-refractivity contribution is -0.891. The second-order valence-electron chi connectivity index (χ2n) is 26.1. The van der Waals surface area contributed by atoms with Crippen molar-refractivity contribution in [3.8, 4) is 5.75 Å². The van der Waals surface area contributed by atoms with Crippen molar-refractivity contribution in [3.05, 3.63) is 166 Å². The molecule has 0 amide bonds. The number of esters is 1. The van der Waals surface area contributed by atoms with Crippen LogP contribution in [0.1, 0.15) is 258 Å². The van der Waals surface area contributed by atoms with Crippen LogP contribution in [-0.4, -0.2) is 64.1 Å². The molecule has 5 aromatic rings. The molecule has 0 aliphatic heterocycles. The molecule has 17 heteroatoms. The van der Waals surface area contributed by atoms with Crippen molar-refractivity contribution >= 4 is 49.7 Å². The summed E-state index contributed by atoms with van der Waals surface area (Å²) in [4.78, 5) is 34.3. The van der Waals surface area contributed by atoms with E-state index in [4.69, 9.17) is 30.7 Å². The average Bonchev–Trinajstić information content (AvgIpc) is 0.792. The zero-order chi connectivity index (χ0) is 65.9. The van der Waals surface area contributed by atoms with Gasteiger partial charge in [-0.2, -0.15) is 0 Å². The maximum Gasteiger partial charge on any atom is 0.333 e. The number of rotatable bonds is 24. The van der Waals surface area contributed by atoms with E-state index in [0.717, 1.165) is 86.6 Å². The molecule has 494 valence electrons. The van der Waals surface area contributed by atoms with E-state index in [1.807, 2.05) is 71.9 Å². The van der Waals surface area contributed by atoms with Gasteiger partial charge in [-0.15, -0.1) is 0 Å². The van der Waals surface area contributed by atoms with E-state index in [-0.39, 0.29) is 51.5 Å². The van der Waals surface area contributed by atoms with Gasteiger partial charge in [-0.3, -0.25) is 14.5 Å². The third-order valence-electron chi connectivity index (χ3n) is 16.7. The summed E-state index contributed by atoms with van der Waals surface area (Å²) >= 11 is 5.78. The highest BCUT2D eigenvalue weighted by Crippen LogP contribution is 2.46. The van der Waals surface area contributed by atoms with Gasteiger partial charge in [0.15, 0.2) is 19.0 Å². The van der Waals surface area contributed by atoms with Crippen molar-refractivity contribution in [3.63, 3.8) is 0 Å². The molecule has 3 saturated carbocycles. The number of ketones is 1. The molecule has 0 spiro atoms. The number of ether oxygens (including phenoxy) is 2. The van der Waals surface area contributed by atoms with Crippen LogP contribution in [0.15, 0.2) is 132 Å². The molecule has 8 rings (SSSR count). The van der Waals surface area contributed by atoms with Crippen LogP contribution in [-0.2, 0) is 40.6 Å². The van der Waals surface area contributed by atoms with E-state index >= 15 is 0 Å². The Morgan fingerprint density at radius 2 is 1.04 bits per heavy atom. The quantitative estimate of drug-likeness (QED) is 0.0142. The van der Waals surface area contributed by atoms with Crippen molar-refractivity contribution in [2.24, 2.45) is 0 Å². The second kappa shape index (κ2) is 37.0. The highest BCUT2D eigenvalue weighted by atomic mass is 35.5. The number of Topliss-reactive ketones (excluding diaryl/α,β-unsaturated/α-hetero) is 1. The Balaban J connectivity index is 0.000000222. The van der Waals surface area contributed by atoms with Gasteiger partial charge in [0.1, 0.15) is 39.2 Å². The fourth-order valence-electron chi connectivity index (χ4n) is 11.9. The molecule has 3 aliphatic rings. The largest absolute Gasteiger partial charge is 0.744 e. The van der Waals surface area contributed by atoms with Crippen molar-refractivity contribution in [2.45, 2.75) is 235 Å². The van der Waals surface area contributed by atoms with Crippen molar-refractivity contribution in [1.82, 2.24) is 0 Å². The van der Waals surface area contributed by atoms with Crippen LogP contribution in [0.3, 0.4) is 0 Å². The summed E-state index contributed by atoms with van der Waals surface area (Å²) in [7, 11) is -8.94. The first-order valence-corrected chi connectivity index (χ1v) is 35.8. The molecule has 3 fully saturated rings. The van der Waals surface area contributed by atoms with Gasteiger partial charge in [-0.25, -0.2) is 21.6 Å². The summed E-state index contributed by atoms with van der Waals surface area (Å²) in [6.45, 7) is 23.7. The zero-order valence-corrected chi connectivity index (χ0v) is 57.3. The predicted octanol–water partition coefficient (Wildman–Crippen LogP) is 16.2. The number of hydrogen-bond acceptors (Lipinski definition) is 12. The van der Waals surface area contributed by atoms with Gasteiger partial charge < -0.3 is 18.6 Å². The number of carbonyl (C=O) groups is 2. The van der Waals surface area contributed by atoms with E-state index in [2.05, 4.69) is 32.2 Å². The Bertz CT molecular complexity index is 3190. The molecule has 90 heavy (non-hydrogen) atoms. The Kier molecular flexibility index (Phi) is 30.7. The van der Waals surface area contributed by atoms with Gasteiger partial charge in [-0.1, -0.05) is 212 Å². The summed E-state index contributed by atoms with van der Waals surface area (Å²) in [5.41, 5.74) is 5.64. The minimum absolute atomic E-state index is 0.0509. The number of unbranched alkanes of at least 4 members (excludes halogenated alkanes) is 5. The Labute approximate surface area is 544 Å². The van der Waals surface area contributed by atoms with E-state index in [1.54, 1.807) is 78.9 Å². The standard InChI is InChI=1S/C24H36O3S.C20H30NO4.C15H15ClNO2.C14H22O3S/c25-28(26,27)24-22(19-12-6-2-7-13-19)16-21(18-10-4-1-5-11-18)17-23(24)20-14-8-3-9-15-20;1-4-5-6-7-8-9-10-19(22)18-11-13-21(14-12-18)25-16-15-24-20(23)17(2)3;1-2-13-3-5-15(6-4-13)18-11-12-19-17-9-7-14(16)8-10-17;1-13(2,3)10-8-7-9-11(14(4,5)6)12(10)18(15,16)17/h16-20H,1-15H2,(H,25,26,27);11-14H,2,4-10,15-16H2,1,3H3;2-10H,1,11-12H2;7-9H,1-6H3,(H,15,16,17)/q;2*+1;/p-2. The predicted molar refractivity (Wildman–Crippen MR) is 355 cm³/mol. The molecule has 0 atom stereocenters. The van der Waals surface area contributed by atoms with Gasteiger partial charge >= 0.3 is 5.97 Å². The summed E-state index contributed by atoms with van der Waals surface area (Å²) in [5.74, 6) is 1.59. The van der Waals surface area contributed by atoms with Crippen LogP contribution in [0.4, 0.5) is 0 Å². The fourth-order valence-corrected chi connectivity index (χ4v) is 14.3. The van der Waals surface area contributed by atoms with E-state index in [1.165, 1.54) is 80.9 Å². The first-order chi connectivity index (χ1) is 42.7. The summed E-state index contributed by atoms with van der Waals surface area (Å²) in [6, 6.07) is 24.3. The van der Waals surface area contributed by atoms with Crippen molar-refractivity contribution in [1.29, 1.82) is 0 Å². The van der Waals surface area contributed by atoms with Crippen molar-refractivity contribution < 1.29 is 64.1 Å². The Hall–Kier alpha value is -5.91. The number of nitrogens with zero attached hydrogens (tertiary/aromatic N) is 2. The van der Waals surface area contributed by atoms with Gasteiger partial charge in [-0.05, 0) is 126 Å². The molecule has 3 aromatic carbocycles. The van der Waals surface area contributed by atoms with Gasteiger partial charge in [0.2, 0.25) is 24.8 Å². The SMILES string of the molecule is C=C(C)C(=O)OCCO[n+]1ccc(C(=O)CCCCCCCC)cc1.C=Cc1ccc(OCCO[n+]2ccc(Cl)cc2)cc1.CC(C)(C)c1cccc(C(C)(C)C)c1S(=O)(=O)[O-].O=S(=O)([O-])c1c(C2CCCCC2)cc(C2CCCCC2)cc1C1CCCCC1. The zero-order valence-electron chi connectivity index (χ0n) is 54.9. The van der Waals surface area contributed by atoms with Crippen LogP contribution < -0.4 is 23.9 Å². The third-order valence-corrected chi connectivity index (χ3v) is 18.9. The number of carbonyl (C=O) groups excluding carboxylic acids is 2. The monoisotopic (exact) mass is 1300 g/mol. The number of aromatic nitrogens is 2. The molecule has 3 aliphatic carbocycles. The number of pyridine rings is 2. The normalized spacial score (nSPS) is 15.1. The van der Waals surface area contributed by atoms with E-state index in [0.29, 0.717) is 52.8 Å². The fraction of sp³-hybridized carbons (Fsp3) is 0.534. The molecular formula is C73H101ClN2O12S2. The van der Waals surface area contributed by atoms with Crippen LogP contribution in [0.25, 0.3) is 6.08 Å². The Morgan fingerprint density at radius 1 is 0.600 bits per heavy atom. The molecule has 0 N–H and O–H groups in total. The third kappa shape index (κ3) is 25.3. The highest BCUT2D eigenvalue weighted by Gasteiger charge is 2.31. The minimum atomic E-state index is -4.48. The topological polar surface area (TPSA) is 193 Å². The molecule has 2 heterocycles. The molecule has 0 bridgehead atoms. The number of halogens is 1. The first kappa shape index (κ1) is 74.8. The molecule has 0 unspecified atom stereocenters. The minimum Gasteiger partial charge on any atom is -0.744 e. The summed E-state index contributed by atoms with van der Waals surface area (Å²) in [6.07, 6.45) is 33.7. The lowest BCUT2D eigenvalue weighted by Crippen LogP contribution is -2.43. The Morgan fingerprint density at radius 3 is 1.49 bits per heavy atom. The lowest BCUT2D eigenvalue weighted by atomic mass is 9.76. The van der Waals surface area contributed by atoms with Gasteiger partial charge in [0, 0.05) is 51.3 Å².